The third-order valence-corrected chi connectivity index (χ3v) is 0.846. The zero-order chi connectivity index (χ0) is 6.24. The SMILES string of the molecule is C1COCCN1.NN. The van der Waals surface area contributed by atoms with Gasteiger partial charge in [-0.05, 0) is 0 Å². The number of nitrogens with two attached hydrogens (primary N) is 2. The van der Waals surface area contributed by atoms with Crippen molar-refractivity contribution in [1.29, 1.82) is 0 Å². The van der Waals surface area contributed by atoms with Gasteiger partial charge in [-0.3, -0.25) is 11.7 Å². The molecule has 0 aliphatic carbocycles. The summed E-state index contributed by atoms with van der Waals surface area (Å²) in [5, 5.41) is 3.16. The fourth-order valence-corrected chi connectivity index (χ4v) is 0.516. The summed E-state index contributed by atoms with van der Waals surface area (Å²) in [6, 6.07) is 0. The molecule has 1 aliphatic heterocycles. The molecule has 0 saturated carbocycles. The van der Waals surface area contributed by atoms with Gasteiger partial charge in [0.05, 0.1) is 13.2 Å². The second-order valence-corrected chi connectivity index (χ2v) is 1.36. The Kier molecular flexibility index (Phi) is 6.70. The van der Waals surface area contributed by atoms with Crippen molar-refractivity contribution in [3.63, 3.8) is 0 Å². The number of nitrogens with one attached hydrogen (secondary N) is 1. The molecule has 50 valence electrons. The minimum atomic E-state index is 0.889. The number of hydrogen-bond donors (Lipinski definition) is 3. The van der Waals surface area contributed by atoms with E-state index in [4.69, 9.17) is 4.74 Å². The number of hydrogen-bond acceptors (Lipinski definition) is 4. The molecule has 1 aliphatic rings. The lowest BCUT2D eigenvalue weighted by Crippen LogP contribution is -2.30. The lowest BCUT2D eigenvalue weighted by atomic mass is 10.5. The van der Waals surface area contributed by atoms with E-state index in [0.717, 1.165) is 26.3 Å². The van der Waals surface area contributed by atoms with Crippen LogP contribution >= 0.6 is 0 Å². The average molecular weight is 119 g/mol. The van der Waals surface area contributed by atoms with Crippen LogP contribution in [0, 0.1) is 0 Å². The van der Waals surface area contributed by atoms with Gasteiger partial charge in [0.2, 0.25) is 0 Å². The van der Waals surface area contributed by atoms with Crippen LogP contribution in [0.25, 0.3) is 0 Å². The van der Waals surface area contributed by atoms with Crippen molar-refractivity contribution < 1.29 is 4.74 Å². The molecular weight excluding hydrogens is 106 g/mol. The van der Waals surface area contributed by atoms with Gasteiger partial charge in [-0.2, -0.15) is 0 Å². The number of hydrazine groups is 1. The molecule has 0 aromatic carbocycles. The standard InChI is InChI=1S/C4H9NO.H4N2/c1-3-6-4-2-5-1;1-2/h5H,1-4H2;1-2H2. The molecule has 1 rings (SSSR count). The van der Waals surface area contributed by atoms with E-state index in [2.05, 4.69) is 17.0 Å². The zero-order valence-corrected chi connectivity index (χ0v) is 4.89. The highest BCUT2D eigenvalue weighted by Crippen LogP contribution is 1.76. The molecule has 0 unspecified atom stereocenters. The molecule has 0 spiro atoms. The first-order valence-corrected chi connectivity index (χ1v) is 2.62. The van der Waals surface area contributed by atoms with Crippen molar-refractivity contribution in [3.8, 4) is 0 Å². The Morgan fingerprint density at radius 1 is 1.12 bits per heavy atom. The maximum Gasteiger partial charge on any atom is 0.0591 e. The first-order valence-electron chi connectivity index (χ1n) is 2.62. The van der Waals surface area contributed by atoms with Gasteiger partial charge in [0, 0.05) is 13.1 Å². The van der Waals surface area contributed by atoms with Crippen LogP contribution in [0.2, 0.25) is 0 Å². The van der Waals surface area contributed by atoms with Crippen LogP contribution in [0.3, 0.4) is 0 Å². The highest BCUT2D eigenvalue weighted by Gasteiger charge is 1.92. The Morgan fingerprint density at radius 2 is 1.62 bits per heavy atom. The van der Waals surface area contributed by atoms with Crippen molar-refractivity contribution in [3.05, 3.63) is 0 Å². The molecule has 1 fully saturated rings. The van der Waals surface area contributed by atoms with Crippen molar-refractivity contribution in [2.75, 3.05) is 26.3 Å². The van der Waals surface area contributed by atoms with Crippen LogP contribution in [0.4, 0.5) is 0 Å². The lowest BCUT2D eigenvalue weighted by molar-refractivity contribution is 0.109. The summed E-state index contributed by atoms with van der Waals surface area (Å²) in [4.78, 5) is 0. The van der Waals surface area contributed by atoms with E-state index in [1.165, 1.54) is 0 Å². The Labute approximate surface area is 49.1 Å². The Morgan fingerprint density at radius 3 is 1.75 bits per heavy atom. The summed E-state index contributed by atoms with van der Waals surface area (Å²) >= 11 is 0. The Balaban J connectivity index is 0.000000222. The Bertz CT molecular complexity index is 26.8. The predicted octanol–water partition coefficient (Wildman–Crippen LogP) is -1.57. The van der Waals surface area contributed by atoms with Crippen molar-refractivity contribution in [2.24, 2.45) is 11.7 Å². The summed E-state index contributed by atoms with van der Waals surface area (Å²) in [7, 11) is 0. The van der Waals surface area contributed by atoms with Gasteiger partial charge in [-0.1, -0.05) is 0 Å². The van der Waals surface area contributed by atoms with Gasteiger partial charge in [0.15, 0.2) is 0 Å². The molecule has 0 atom stereocenters. The van der Waals surface area contributed by atoms with Crippen molar-refractivity contribution in [1.82, 2.24) is 5.32 Å². The minimum Gasteiger partial charge on any atom is -0.379 e. The van der Waals surface area contributed by atoms with Gasteiger partial charge in [-0.15, -0.1) is 0 Å². The molecule has 0 radical (unpaired) electrons. The molecule has 1 heterocycles. The van der Waals surface area contributed by atoms with E-state index in [1.54, 1.807) is 0 Å². The zero-order valence-electron chi connectivity index (χ0n) is 4.89. The summed E-state index contributed by atoms with van der Waals surface area (Å²) in [6.45, 7) is 3.83. The molecule has 0 amide bonds. The topological polar surface area (TPSA) is 73.3 Å². The molecule has 5 N–H and O–H groups in total. The first kappa shape index (κ1) is 7.84. The fraction of sp³-hybridized carbons (Fsp3) is 1.00. The maximum atomic E-state index is 5.01. The third kappa shape index (κ3) is 4.01. The number of rotatable bonds is 0. The molecule has 0 bridgehead atoms. The van der Waals surface area contributed by atoms with Crippen LogP contribution in [0.1, 0.15) is 0 Å². The van der Waals surface area contributed by atoms with Crippen molar-refractivity contribution in [2.45, 2.75) is 0 Å². The average Bonchev–Trinajstić information content (AvgIpc) is 1.96. The quantitative estimate of drug-likeness (QED) is 0.266. The van der Waals surface area contributed by atoms with Crippen LogP contribution < -0.4 is 17.0 Å². The predicted molar refractivity (Wildman–Crippen MR) is 32.1 cm³/mol. The third-order valence-electron chi connectivity index (χ3n) is 0.846. The number of morpholine rings is 1. The normalized spacial score (nSPS) is 18.8. The molecule has 4 nitrogen and oxygen atoms in total. The van der Waals surface area contributed by atoms with Crippen LogP contribution in [-0.2, 0) is 4.74 Å². The van der Waals surface area contributed by atoms with Gasteiger partial charge in [-0.25, -0.2) is 0 Å². The largest absolute Gasteiger partial charge is 0.379 e. The lowest BCUT2D eigenvalue weighted by Gasteiger charge is -2.10. The van der Waals surface area contributed by atoms with Gasteiger partial charge >= 0.3 is 0 Å². The molecule has 8 heavy (non-hydrogen) atoms. The summed E-state index contributed by atoms with van der Waals surface area (Å²) in [5.41, 5.74) is 0. The van der Waals surface area contributed by atoms with E-state index >= 15 is 0 Å². The highest BCUT2D eigenvalue weighted by molar-refractivity contribution is 4.49. The van der Waals surface area contributed by atoms with Crippen LogP contribution in [0.5, 0.6) is 0 Å². The van der Waals surface area contributed by atoms with E-state index in [-0.39, 0.29) is 0 Å². The molecular formula is C4H13N3O. The minimum absolute atomic E-state index is 0.889. The molecule has 4 heteroatoms. The summed E-state index contributed by atoms with van der Waals surface area (Å²) in [5.74, 6) is 8.00. The molecule has 0 aromatic heterocycles. The van der Waals surface area contributed by atoms with E-state index < -0.39 is 0 Å². The monoisotopic (exact) mass is 119 g/mol. The smallest absolute Gasteiger partial charge is 0.0591 e. The molecule has 0 aromatic rings. The Hall–Kier alpha value is -0.160. The van der Waals surface area contributed by atoms with Crippen LogP contribution in [-0.4, -0.2) is 26.3 Å². The molecule has 1 saturated heterocycles. The van der Waals surface area contributed by atoms with Crippen LogP contribution in [0.15, 0.2) is 0 Å². The second kappa shape index (κ2) is 6.84. The van der Waals surface area contributed by atoms with E-state index in [0.29, 0.717) is 0 Å². The summed E-state index contributed by atoms with van der Waals surface area (Å²) in [6.07, 6.45) is 0. The van der Waals surface area contributed by atoms with Gasteiger partial charge in [0.1, 0.15) is 0 Å². The van der Waals surface area contributed by atoms with E-state index in [9.17, 15) is 0 Å². The van der Waals surface area contributed by atoms with Gasteiger partial charge < -0.3 is 10.1 Å². The maximum absolute atomic E-state index is 5.01. The fourth-order valence-electron chi connectivity index (χ4n) is 0.516. The van der Waals surface area contributed by atoms with Crippen molar-refractivity contribution >= 4 is 0 Å². The highest BCUT2D eigenvalue weighted by atomic mass is 16.5. The number of ether oxygens (including phenoxy) is 1. The summed E-state index contributed by atoms with van der Waals surface area (Å²) < 4.78 is 5.01. The van der Waals surface area contributed by atoms with E-state index in [1.807, 2.05) is 0 Å². The first-order chi connectivity index (χ1) is 4.00. The second-order valence-electron chi connectivity index (χ2n) is 1.36. The van der Waals surface area contributed by atoms with Gasteiger partial charge in [0.25, 0.3) is 0 Å².